The minimum Gasteiger partial charge on any atom is -0.465 e. The maximum Gasteiger partial charge on any atom is 0.305 e. The van der Waals surface area contributed by atoms with Crippen LogP contribution in [0.4, 0.5) is 0 Å². The number of hydrogen-bond acceptors (Lipinski definition) is 3. The number of esters is 1. The van der Waals surface area contributed by atoms with Crippen molar-refractivity contribution < 1.29 is 14.0 Å². The van der Waals surface area contributed by atoms with Gasteiger partial charge in [-0.1, -0.05) is 144 Å². The molecule has 5 aliphatic rings. The van der Waals surface area contributed by atoms with E-state index in [1.165, 1.54) is 160 Å². The van der Waals surface area contributed by atoms with Gasteiger partial charge in [-0.15, -0.1) is 0 Å². The minimum absolute atomic E-state index is 0.0631. The molecule has 0 unspecified atom stereocenters. The zero-order valence-corrected chi connectivity index (χ0v) is 39.5. The van der Waals surface area contributed by atoms with E-state index in [2.05, 4.69) is 74.7 Å². The van der Waals surface area contributed by atoms with Crippen LogP contribution in [-0.2, 0) is 14.0 Å². The largest absolute Gasteiger partial charge is 0.465 e. The Hall–Kier alpha value is -0.613. The standard InChI is InChI=1S/C51H92O3Si/c1-12-13-14-15-16-17-18-19-20-21-22-23-24-25-26-27-45(52)53-38-51-35-30-40(39(2)3)46(51)41-28-29-43-48(6)33-32-44(54-55(9,10)11)47(4,5)42(48)31-34-50(43,8)49(41,7)36-37-51/h40-44,46H,2,12-38H2,1,3-11H3/t40-,41+,42-,43+,44-,46+,48-,49+,50+,51+/m0/s1. The normalized spacial score (nSPS) is 38.1. The fourth-order valence-corrected chi connectivity index (χ4v) is 16.4. The first-order valence-corrected chi connectivity index (χ1v) is 27.8. The van der Waals surface area contributed by atoms with Gasteiger partial charge in [-0.2, -0.15) is 0 Å². The average molecular weight is 781 g/mol. The molecule has 0 spiro atoms. The summed E-state index contributed by atoms with van der Waals surface area (Å²) in [5.41, 5.74) is 2.79. The van der Waals surface area contributed by atoms with Crippen molar-refractivity contribution >= 4 is 14.3 Å². The van der Waals surface area contributed by atoms with Crippen LogP contribution in [0.25, 0.3) is 0 Å². The van der Waals surface area contributed by atoms with E-state index in [4.69, 9.17) is 9.16 Å². The lowest BCUT2D eigenvalue weighted by atomic mass is 9.32. The molecule has 5 aliphatic carbocycles. The molecule has 0 aromatic rings. The van der Waals surface area contributed by atoms with Crippen molar-refractivity contribution in [3.8, 4) is 0 Å². The van der Waals surface area contributed by atoms with Gasteiger partial charge in [-0.3, -0.25) is 4.79 Å². The molecule has 0 N–H and O–H groups in total. The van der Waals surface area contributed by atoms with E-state index in [9.17, 15) is 4.79 Å². The number of ether oxygens (including phenoxy) is 1. The highest BCUT2D eigenvalue weighted by Gasteiger charge is 2.71. The van der Waals surface area contributed by atoms with E-state index in [-0.39, 0.29) is 16.8 Å². The van der Waals surface area contributed by atoms with E-state index < -0.39 is 8.32 Å². The maximum absolute atomic E-state index is 13.3. The van der Waals surface area contributed by atoms with Gasteiger partial charge < -0.3 is 9.16 Å². The zero-order valence-electron chi connectivity index (χ0n) is 38.5. The molecule has 0 saturated heterocycles. The van der Waals surface area contributed by atoms with Gasteiger partial charge >= 0.3 is 5.97 Å². The maximum atomic E-state index is 13.3. The third-order valence-corrected chi connectivity index (χ3v) is 19.2. The van der Waals surface area contributed by atoms with Gasteiger partial charge in [0.1, 0.15) is 0 Å². The Morgan fingerprint density at radius 1 is 0.655 bits per heavy atom. The van der Waals surface area contributed by atoms with Gasteiger partial charge in [-0.25, -0.2) is 0 Å². The van der Waals surface area contributed by atoms with Crippen molar-refractivity contribution in [2.75, 3.05) is 6.61 Å². The Bertz CT molecular complexity index is 1250. The third kappa shape index (κ3) is 9.73. The summed E-state index contributed by atoms with van der Waals surface area (Å²) in [6, 6.07) is 0. The van der Waals surface area contributed by atoms with Gasteiger partial charge in [0.15, 0.2) is 8.32 Å². The molecule has 10 atom stereocenters. The van der Waals surface area contributed by atoms with Gasteiger partial charge in [0.2, 0.25) is 0 Å². The number of hydrogen-bond donors (Lipinski definition) is 0. The molecule has 5 fully saturated rings. The molecule has 5 saturated carbocycles. The highest BCUT2D eigenvalue weighted by atomic mass is 28.4. The molecule has 318 valence electrons. The first-order chi connectivity index (χ1) is 26.0. The summed E-state index contributed by atoms with van der Waals surface area (Å²) < 4.78 is 13.3. The van der Waals surface area contributed by atoms with Crippen LogP contribution in [0.2, 0.25) is 19.6 Å². The second-order valence-corrected chi connectivity index (χ2v) is 27.4. The van der Waals surface area contributed by atoms with Gasteiger partial charge in [0.25, 0.3) is 0 Å². The predicted molar refractivity (Wildman–Crippen MR) is 238 cm³/mol. The van der Waals surface area contributed by atoms with Crippen LogP contribution in [0.5, 0.6) is 0 Å². The summed E-state index contributed by atoms with van der Waals surface area (Å²) in [4.78, 5) is 13.3. The third-order valence-electron chi connectivity index (χ3n) is 18.2. The summed E-state index contributed by atoms with van der Waals surface area (Å²) in [6.45, 7) is 30.4. The van der Waals surface area contributed by atoms with Crippen LogP contribution in [-0.4, -0.2) is 27.0 Å². The van der Waals surface area contributed by atoms with Gasteiger partial charge in [-0.05, 0) is 148 Å². The summed E-state index contributed by atoms with van der Waals surface area (Å²) in [6.07, 6.45) is 34.2. The van der Waals surface area contributed by atoms with E-state index in [0.717, 1.165) is 18.3 Å². The SMILES string of the molecule is C=C(C)[C@@H]1CC[C@]2(COC(=O)CCCCCCCCCCCCCCCCC)CC[C@]3(C)[C@H](CC[C@@H]4[C@@]5(C)CC[C@H](O[Si](C)(C)C)C(C)(C)[C@@H]5CC[C@]43C)[C@@H]12. The number of carbonyl (C=O) groups excluding carboxylic acids is 1. The van der Waals surface area contributed by atoms with Crippen molar-refractivity contribution in [3.05, 3.63) is 12.2 Å². The summed E-state index contributed by atoms with van der Waals surface area (Å²) in [5, 5.41) is 0. The number of carbonyl (C=O) groups is 1. The lowest BCUT2D eigenvalue weighted by Crippen LogP contribution is -2.67. The van der Waals surface area contributed by atoms with Gasteiger partial charge in [0.05, 0.1) is 12.7 Å². The molecular formula is C51H92O3Si. The van der Waals surface area contributed by atoms with Crippen LogP contribution in [0.3, 0.4) is 0 Å². The monoisotopic (exact) mass is 781 g/mol. The molecule has 0 radical (unpaired) electrons. The van der Waals surface area contributed by atoms with Crippen LogP contribution in [0, 0.1) is 56.7 Å². The second kappa shape index (κ2) is 18.8. The van der Waals surface area contributed by atoms with Gasteiger partial charge in [0, 0.05) is 11.8 Å². The molecular weight excluding hydrogens is 689 g/mol. The molecule has 55 heavy (non-hydrogen) atoms. The van der Waals surface area contributed by atoms with Crippen molar-refractivity contribution in [1.29, 1.82) is 0 Å². The van der Waals surface area contributed by atoms with Crippen LogP contribution < -0.4 is 0 Å². The zero-order chi connectivity index (χ0) is 40.1. The molecule has 0 heterocycles. The Balaban J connectivity index is 1.12. The smallest absolute Gasteiger partial charge is 0.305 e. The molecule has 4 heteroatoms. The lowest BCUT2D eigenvalue weighted by Gasteiger charge is -2.73. The molecule has 0 amide bonds. The molecule has 0 aliphatic heterocycles. The summed E-state index contributed by atoms with van der Waals surface area (Å²) in [7, 11) is -1.61. The topological polar surface area (TPSA) is 35.5 Å². The highest BCUT2D eigenvalue weighted by molar-refractivity contribution is 6.69. The Kier molecular flexibility index (Phi) is 15.5. The van der Waals surface area contributed by atoms with E-state index in [1.54, 1.807) is 0 Å². The highest BCUT2D eigenvalue weighted by Crippen LogP contribution is 2.77. The van der Waals surface area contributed by atoms with Crippen molar-refractivity contribution in [2.45, 2.75) is 241 Å². The first kappa shape index (κ1) is 45.5. The van der Waals surface area contributed by atoms with E-state index >= 15 is 0 Å². The van der Waals surface area contributed by atoms with Crippen LogP contribution in [0.15, 0.2) is 12.2 Å². The Morgan fingerprint density at radius 3 is 1.80 bits per heavy atom. The van der Waals surface area contributed by atoms with Crippen molar-refractivity contribution in [2.24, 2.45) is 56.7 Å². The number of fused-ring (bicyclic) bond motifs is 7. The fourth-order valence-electron chi connectivity index (χ4n) is 15.1. The summed E-state index contributed by atoms with van der Waals surface area (Å²) in [5.74, 6) is 3.43. The average Bonchev–Trinajstić information content (AvgIpc) is 3.50. The van der Waals surface area contributed by atoms with E-state index in [1.807, 2.05) is 0 Å². The minimum atomic E-state index is -1.61. The number of unbranched alkanes of at least 4 members (excludes halogenated alkanes) is 14. The Labute approximate surface area is 343 Å². The quantitative estimate of drug-likeness (QED) is 0.0504. The first-order valence-electron chi connectivity index (χ1n) is 24.4. The molecule has 0 aromatic carbocycles. The number of rotatable bonds is 21. The predicted octanol–water partition coefficient (Wildman–Crippen LogP) is 15.7. The van der Waals surface area contributed by atoms with Crippen molar-refractivity contribution in [3.63, 3.8) is 0 Å². The van der Waals surface area contributed by atoms with E-state index in [0.29, 0.717) is 53.1 Å². The summed E-state index contributed by atoms with van der Waals surface area (Å²) >= 11 is 0. The van der Waals surface area contributed by atoms with Crippen molar-refractivity contribution in [1.82, 2.24) is 0 Å². The molecule has 0 aromatic heterocycles. The molecule has 5 rings (SSSR count). The second-order valence-electron chi connectivity index (χ2n) is 23.0. The van der Waals surface area contributed by atoms with Crippen LogP contribution >= 0.6 is 0 Å². The number of allylic oxidation sites excluding steroid dienone is 1. The lowest BCUT2D eigenvalue weighted by molar-refractivity contribution is -0.248. The van der Waals surface area contributed by atoms with Crippen LogP contribution in [0.1, 0.15) is 215 Å². The fraction of sp³-hybridized carbons (Fsp3) is 0.941. The Morgan fingerprint density at radius 2 is 1.24 bits per heavy atom. The molecule has 0 bridgehead atoms. The molecule has 3 nitrogen and oxygen atoms in total.